The van der Waals surface area contributed by atoms with Gasteiger partial charge in [-0.1, -0.05) is 105 Å². The SMILES string of the molecule is CCCCCCC/C=C/[C@H]1[C@@H](OCc2ccccc2)C(=O)N1Cc1ccccc1. The van der Waals surface area contributed by atoms with E-state index in [0.29, 0.717) is 13.2 Å². The highest BCUT2D eigenvalue weighted by Crippen LogP contribution is 2.28. The summed E-state index contributed by atoms with van der Waals surface area (Å²) in [5, 5.41) is 0. The lowest BCUT2D eigenvalue weighted by Crippen LogP contribution is -2.64. The Balaban J connectivity index is 1.57. The van der Waals surface area contributed by atoms with Crippen LogP contribution < -0.4 is 0 Å². The molecule has 0 saturated carbocycles. The molecule has 1 aliphatic rings. The summed E-state index contributed by atoms with van der Waals surface area (Å²) < 4.78 is 6.02. The predicted molar refractivity (Wildman–Crippen MR) is 118 cm³/mol. The first-order chi connectivity index (χ1) is 14.3. The van der Waals surface area contributed by atoms with Gasteiger partial charge in [-0.3, -0.25) is 4.79 Å². The van der Waals surface area contributed by atoms with Gasteiger partial charge in [0.25, 0.3) is 5.91 Å². The smallest absolute Gasteiger partial charge is 0.255 e. The molecule has 1 amide bonds. The average Bonchev–Trinajstić information content (AvgIpc) is 2.77. The van der Waals surface area contributed by atoms with Gasteiger partial charge in [-0.2, -0.15) is 0 Å². The molecule has 3 heteroatoms. The van der Waals surface area contributed by atoms with Crippen molar-refractivity contribution in [1.82, 2.24) is 4.90 Å². The zero-order valence-electron chi connectivity index (χ0n) is 17.5. The predicted octanol–water partition coefficient (Wildman–Crippen LogP) is 5.90. The van der Waals surface area contributed by atoms with Crippen molar-refractivity contribution in [1.29, 1.82) is 0 Å². The second-order valence-corrected chi connectivity index (χ2v) is 7.79. The number of ether oxygens (including phenoxy) is 1. The first kappa shape index (κ1) is 21.3. The van der Waals surface area contributed by atoms with Crippen LogP contribution in [0, 0.1) is 0 Å². The van der Waals surface area contributed by atoms with Gasteiger partial charge in [-0.05, 0) is 24.0 Å². The number of amides is 1. The fourth-order valence-electron chi connectivity index (χ4n) is 3.74. The van der Waals surface area contributed by atoms with Crippen molar-refractivity contribution in [3.8, 4) is 0 Å². The maximum atomic E-state index is 12.8. The van der Waals surface area contributed by atoms with Crippen LogP contribution in [0.5, 0.6) is 0 Å². The number of β-lactam (4-membered cyclic amide) rings is 1. The summed E-state index contributed by atoms with van der Waals surface area (Å²) in [5.74, 6) is 0.0855. The molecule has 0 radical (unpaired) electrons. The normalized spacial score (nSPS) is 18.9. The number of benzene rings is 2. The van der Waals surface area contributed by atoms with E-state index < -0.39 is 0 Å². The summed E-state index contributed by atoms with van der Waals surface area (Å²) in [5.41, 5.74) is 2.25. The Morgan fingerprint density at radius 2 is 1.55 bits per heavy atom. The minimum atomic E-state index is -0.379. The molecule has 2 atom stereocenters. The van der Waals surface area contributed by atoms with Gasteiger partial charge in [0.1, 0.15) is 0 Å². The topological polar surface area (TPSA) is 29.5 Å². The highest BCUT2D eigenvalue weighted by Gasteiger charge is 2.46. The highest BCUT2D eigenvalue weighted by molar-refractivity contribution is 5.89. The van der Waals surface area contributed by atoms with E-state index in [0.717, 1.165) is 17.5 Å². The van der Waals surface area contributed by atoms with Gasteiger partial charge in [0.15, 0.2) is 6.10 Å². The molecule has 3 nitrogen and oxygen atoms in total. The number of nitrogens with zero attached hydrogens (tertiary/aromatic N) is 1. The lowest BCUT2D eigenvalue weighted by Gasteiger charge is -2.45. The van der Waals surface area contributed by atoms with Crippen LogP contribution >= 0.6 is 0 Å². The van der Waals surface area contributed by atoms with E-state index in [9.17, 15) is 4.79 Å². The van der Waals surface area contributed by atoms with Crippen molar-refractivity contribution in [3.05, 3.63) is 83.9 Å². The minimum absolute atomic E-state index is 0.0158. The van der Waals surface area contributed by atoms with Crippen molar-refractivity contribution in [2.24, 2.45) is 0 Å². The molecule has 2 aromatic carbocycles. The molecule has 0 spiro atoms. The van der Waals surface area contributed by atoms with Crippen molar-refractivity contribution >= 4 is 5.91 Å². The Morgan fingerprint density at radius 3 is 2.24 bits per heavy atom. The molecule has 0 aromatic heterocycles. The van der Waals surface area contributed by atoms with Gasteiger partial charge in [0, 0.05) is 6.54 Å². The first-order valence-electron chi connectivity index (χ1n) is 11.0. The summed E-state index contributed by atoms with van der Waals surface area (Å²) in [7, 11) is 0. The number of likely N-dealkylation sites (tertiary alicyclic amines) is 1. The van der Waals surface area contributed by atoms with Crippen LogP contribution in [0.4, 0.5) is 0 Å². The van der Waals surface area contributed by atoms with E-state index in [-0.39, 0.29) is 18.1 Å². The van der Waals surface area contributed by atoms with E-state index in [1.54, 1.807) is 0 Å². The Morgan fingerprint density at radius 1 is 0.897 bits per heavy atom. The summed E-state index contributed by atoms with van der Waals surface area (Å²) in [6.07, 6.45) is 11.5. The molecule has 154 valence electrons. The summed E-state index contributed by atoms with van der Waals surface area (Å²) in [6.45, 7) is 3.35. The van der Waals surface area contributed by atoms with Crippen LogP contribution in [-0.4, -0.2) is 23.0 Å². The molecule has 3 rings (SSSR count). The third kappa shape index (κ3) is 6.30. The standard InChI is InChI=1S/C26H33NO2/c1-2-3-4-5-6-7-14-19-24-25(29-21-23-17-12-9-13-18-23)26(28)27(24)20-22-15-10-8-11-16-22/h8-19,24-25H,2-7,20-21H2,1H3/b19-14+/t24-,25+/m0/s1. The van der Waals surface area contributed by atoms with Crippen molar-refractivity contribution in [2.75, 3.05) is 0 Å². The molecule has 0 bridgehead atoms. The first-order valence-corrected chi connectivity index (χ1v) is 11.0. The molecule has 2 aromatic rings. The van der Waals surface area contributed by atoms with Crippen LogP contribution in [0.1, 0.15) is 56.6 Å². The molecular weight excluding hydrogens is 358 g/mol. The van der Waals surface area contributed by atoms with Crippen molar-refractivity contribution in [2.45, 2.75) is 70.7 Å². The van der Waals surface area contributed by atoms with E-state index >= 15 is 0 Å². The third-order valence-corrected chi connectivity index (χ3v) is 5.47. The molecule has 0 aliphatic carbocycles. The molecule has 1 aliphatic heterocycles. The van der Waals surface area contributed by atoms with Gasteiger partial charge in [0.05, 0.1) is 12.6 Å². The number of allylic oxidation sites excluding steroid dienone is 1. The maximum absolute atomic E-state index is 12.8. The van der Waals surface area contributed by atoms with Crippen molar-refractivity contribution < 1.29 is 9.53 Å². The van der Waals surface area contributed by atoms with Crippen LogP contribution in [0.2, 0.25) is 0 Å². The lowest BCUT2D eigenvalue weighted by atomic mass is 9.95. The van der Waals surface area contributed by atoms with Gasteiger partial charge in [0.2, 0.25) is 0 Å². The van der Waals surface area contributed by atoms with Crippen LogP contribution in [0.3, 0.4) is 0 Å². The number of unbranched alkanes of at least 4 members (excludes halogenated alkanes) is 5. The maximum Gasteiger partial charge on any atom is 0.255 e. The largest absolute Gasteiger partial charge is 0.361 e. The number of hydrogen-bond acceptors (Lipinski definition) is 2. The monoisotopic (exact) mass is 391 g/mol. The lowest BCUT2D eigenvalue weighted by molar-refractivity contribution is -0.172. The summed E-state index contributed by atoms with van der Waals surface area (Å²) in [6, 6.07) is 20.3. The Bertz CT molecular complexity index is 757. The molecule has 0 unspecified atom stereocenters. The Labute approximate surface area is 175 Å². The fourth-order valence-corrected chi connectivity index (χ4v) is 3.74. The van der Waals surface area contributed by atoms with Gasteiger partial charge in [-0.25, -0.2) is 0 Å². The molecule has 1 saturated heterocycles. The van der Waals surface area contributed by atoms with E-state index in [2.05, 4.69) is 31.2 Å². The van der Waals surface area contributed by atoms with E-state index in [1.807, 2.05) is 53.4 Å². The molecule has 1 fully saturated rings. The number of rotatable bonds is 12. The number of hydrogen-bond donors (Lipinski definition) is 0. The number of carbonyl (C=O) groups is 1. The van der Waals surface area contributed by atoms with E-state index in [4.69, 9.17) is 4.74 Å². The summed E-state index contributed by atoms with van der Waals surface area (Å²) >= 11 is 0. The Hall–Kier alpha value is -2.39. The van der Waals surface area contributed by atoms with Crippen LogP contribution in [0.25, 0.3) is 0 Å². The Kier molecular flexibility index (Phi) is 8.51. The third-order valence-electron chi connectivity index (χ3n) is 5.47. The minimum Gasteiger partial charge on any atom is -0.361 e. The molecule has 1 heterocycles. The second kappa shape index (κ2) is 11.6. The van der Waals surface area contributed by atoms with Crippen LogP contribution in [-0.2, 0) is 22.7 Å². The van der Waals surface area contributed by atoms with Gasteiger partial charge >= 0.3 is 0 Å². The molecular formula is C26H33NO2. The van der Waals surface area contributed by atoms with E-state index in [1.165, 1.54) is 32.1 Å². The summed E-state index contributed by atoms with van der Waals surface area (Å²) in [4.78, 5) is 14.7. The van der Waals surface area contributed by atoms with Gasteiger partial charge in [-0.15, -0.1) is 0 Å². The molecule has 29 heavy (non-hydrogen) atoms. The fraction of sp³-hybridized carbons (Fsp3) is 0.423. The average molecular weight is 392 g/mol. The second-order valence-electron chi connectivity index (χ2n) is 7.79. The van der Waals surface area contributed by atoms with Gasteiger partial charge < -0.3 is 9.64 Å². The van der Waals surface area contributed by atoms with Crippen molar-refractivity contribution in [3.63, 3.8) is 0 Å². The highest BCUT2D eigenvalue weighted by atomic mass is 16.5. The number of carbonyl (C=O) groups excluding carboxylic acids is 1. The quantitative estimate of drug-likeness (QED) is 0.256. The zero-order chi connectivity index (χ0) is 20.3. The molecule has 0 N–H and O–H groups in total. The zero-order valence-corrected chi connectivity index (χ0v) is 17.5. The van der Waals surface area contributed by atoms with Crippen LogP contribution in [0.15, 0.2) is 72.8 Å².